The average molecular weight is 141 g/mol. The van der Waals surface area contributed by atoms with E-state index in [0.717, 1.165) is 5.04 Å². The maximum absolute atomic E-state index is 10.6. The highest BCUT2D eigenvalue weighted by Crippen LogP contribution is 2.36. The van der Waals surface area contributed by atoms with Crippen molar-refractivity contribution in [3.63, 3.8) is 0 Å². The summed E-state index contributed by atoms with van der Waals surface area (Å²) in [5, 5.41) is 1.10. The van der Waals surface area contributed by atoms with Crippen molar-refractivity contribution in [1.29, 1.82) is 0 Å². The fraction of sp³-hybridized carbons (Fsp3) is 0.667. The van der Waals surface area contributed by atoms with E-state index >= 15 is 0 Å². The van der Waals surface area contributed by atoms with Crippen molar-refractivity contribution < 1.29 is 4.79 Å². The standard InChI is InChI=1S/C6H7NOS/c8-5-3-9-6(7-5)4-1-2-4/h4H,1-3H2. The van der Waals surface area contributed by atoms with Crippen LogP contribution in [0.3, 0.4) is 0 Å². The third-order valence-corrected chi connectivity index (χ3v) is 2.62. The van der Waals surface area contributed by atoms with Crippen LogP contribution in [0.5, 0.6) is 0 Å². The van der Waals surface area contributed by atoms with Crippen molar-refractivity contribution in [1.82, 2.24) is 0 Å². The van der Waals surface area contributed by atoms with Gasteiger partial charge >= 0.3 is 0 Å². The summed E-state index contributed by atoms with van der Waals surface area (Å²) >= 11 is 1.62. The molecule has 0 spiro atoms. The van der Waals surface area contributed by atoms with Gasteiger partial charge in [-0.15, -0.1) is 11.8 Å². The van der Waals surface area contributed by atoms with Gasteiger partial charge in [-0.2, -0.15) is 0 Å². The highest BCUT2D eigenvalue weighted by Gasteiger charge is 2.31. The number of carbonyl (C=O) groups is 1. The maximum atomic E-state index is 10.6. The van der Waals surface area contributed by atoms with Crippen LogP contribution in [0.1, 0.15) is 12.8 Å². The van der Waals surface area contributed by atoms with Crippen LogP contribution in [0, 0.1) is 5.92 Å². The predicted molar refractivity (Wildman–Crippen MR) is 37.6 cm³/mol. The second-order valence-electron chi connectivity index (χ2n) is 2.41. The van der Waals surface area contributed by atoms with Crippen LogP contribution in [-0.4, -0.2) is 16.7 Å². The van der Waals surface area contributed by atoms with Crippen molar-refractivity contribution >= 4 is 22.7 Å². The molecule has 0 atom stereocenters. The first-order chi connectivity index (χ1) is 4.36. The minimum Gasteiger partial charge on any atom is -0.272 e. The lowest BCUT2D eigenvalue weighted by Crippen LogP contribution is -1.88. The first-order valence-electron chi connectivity index (χ1n) is 3.10. The molecular weight excluding hydrogens is 134 g/mol. The molecule has 3 heteroatoms. The van der Waals surface area contributed by atoms with Crippen molar-refractivity contribution in [3.8, 4) is 0 Å². The fourth-order valence-electron chi connectivity index (χ4n) is 0.863. The molecule has 1 heterocycles. The zero-order chi connectivity index (χ0) is 6.27. The highest BCUT2D eigenvalue weighted by molar-refractivity contribution is 8.15. The molecule has 0 aromatic heterocycles. The molecule has 1 amide bonds. The van der Waals surface area contributed by atoms with Crippen molar-refractivity contribution in [2.75, 3.05) is 5.75 Å². The molecule has 9 heavy (non-hydrogen) atoms. The third-order valence-electron chi connectivity index (χ3n) is 1.51. The van der Waals surface area contributed by atoms with Gasteiger partial charge in [-0.3, -0.25) is 4.79 Å². The normalized spacial score (nSPS) is 26.7. The molecule has 0 bridgehead atoms. The molecule has 2 rings (SSSR count). The van der Waals surface area contributed by atoms with Crippen LogP contribution in [0.25, 0.3) is 0 Å². The van der Waals surface area contributed by atoms with Gasteiger partial charge in [0, 0.05) is 5.92 Å². The molecule has 0 aromatic carbocycles. The van der Waals surface area contributed by atoms with Gasteiger partial charge < -0.3 is 0 Å². The summed E-state index contributed by atoms with van der Waals surface area (Å²) in [7, 11) is 0. The highest BCUT2D eigenvalue weighted by atomic mass is 32.2. The summed E-state index contributed by atoms with van der Waals surface area (Å²) in [5.74, 6) is 1.31. The lowest BCUT2D eigenvalue weighted by atomic mass is 10.5. The third kappa shape index (κ3) is 1.01. The molecule has 1 fully saturated rings. The summed E-state index contributed by atoms with van der Waals surface area (Å²) < 4.78 is 0. The van der Waals surface area contributed by atoms with Crippen molar-refractivity contribution in [3.05, 3.63) is 0 Å². The van der Waals surface area contributed by atoms with Gasteiger partial charge in [0.15, 0.2) is 0 Å². The van der Waals surface area contributed by atoms with Gasteiger partial charge in [0.1, 0.15) is 0 Å². The summed E-state index contributed by atoms with van der Waals surface area (Å²) in [6.07, 6.45) is 2.50. The zero-order valence-electron chi connectivity index (χ0n) is 4.96. The second-order valence-corrected chi connectivity index (χ2v) is 3.40. The quantitative estimate of drug-likeness (QED) is 0.546. The fourth-order valence-corrected chi connectivity index (χ4v) is 1.84. The Kier molecular flexibility index (Phi) is 1.12. The Balaban J connectivity index is 2.11. The smallest absolute Gasteiger partial charge is 0.256 e. The lowest BCUT2D eigenvalue weighted by molar-refractivity contribution is -0.115. The van der Waals surface area contributed by atoms with E-state index in [0.29, 0.717) is 11.7 Å². The Morgan fingerprint density at radius 1 is 1.56 bits per heavy atom. The Hall–Kier alpha value is -0.310. The van der Waals surface area contributed by atoms with Crippen LogP contribution in [0.15, 0.2) is 4.99 Å². The number of thioether (sulfide) groups is 1. The van der Waals surface area contributed by atoms with E-state index in [1.165, 1.54) is 12.8 Å². The molecule has 2 nitrogen and oxygen atoms in total. The molecule has 0 saturated heterocycles. The first kappa shape index (κ1) is 5.47. The summed E-state index contributed by atoms with van der Waals surface area (Å²) in [6.45, 7) is 0. The van der Waals surface area contributed by atoms with E-state index in [2.05, 4.69) is 4.99 Å². The summed E-state index contributed by atoms with van der Waals surface area (Å²) in [6, 6.07) is 0. The number of hydrogen-bond acceptors (Lipinski definition) is 2. The lowest BCUT2D eigenvalue weighted by Gasteiger charge is -1.87. The zero-order valence-corrected chi connectivity index (χ0v) is 5.78. The van der Waals surface area contributed by atoms with Crippen LogP contribution in [0.4, 0.5) is 0 Å². The van der Waals surface area contributed by atoms with Crippen molar-refractivity contribution in [2.45, 2.75) is 12.8 Å². The number of carbonyl (C=O) groups excluding carboxylic acids is 1. The molecular formula is C6H7NOS. The number of amides is 1. The van der Waals surface area contributed by atoms with Crippen LogP contribution < -0.4 is 0 Å². The Bertz CT molecular complexity index is 183. The minimum absolute atomic E-state index is 0.0573. The molecule has 2 aliphatic rings. The second kappa shape index (κ2) is 1.84. The SMILES string of the molecule is O=C1CSC(C2CC2)=N1. The number of nitrogens with zero attached hydrogens (tertiary/aromatic N) is 1. The van der Waals surface area contributed by atoms with Gasteiger partial charge in [0.2, 0.25) is 0 Å². The number of hydrogen-bond donors (Lipinski definition) is 0. The molecule has 48 valence electrons. The van der Waals surface area contributed by atoms with Gasteiger partial charge in [0.25, 0.3) is 5.91 Å². The Morgan fingerprint density at radius 2 is 2.33 bits per heavy atom. The van der Waals surface area contributed by atoms with Crippen LogP contribution >= 0.6 is 11.8 Å². The summed E-state index contributed by atoms with van der Waals surface area (Å²) in [4.78, 5) is 14.5. The molecule has 0 unspecified atom stereocenters. The minimum atomic E-state index is 0.0573. The van der Waals surface area contributed by atoms with Crippen LogP contribution in [0.2, 0.25) is 0 Å². The molecule has 1 aliphatic heterocycles. The van der Waals surface area contributed by atoms with E-state index in [9.17, 15) is 4.79 Å². The van der Waals surface area contributed by atoms with E-state index in [1.54, 1.807) is 11.8 Å². The van der Waals surface area contributed by atoms with Gasteiger partial charge in [-0.05, 0) is 12.8 Å². The molecule has 0 aromatic rings. The monoisotopic (exact) mass is 141 g/mol. The van der Waals surface area contributed by atoms with Crippen LogP contribution in [-0.2, 0) is 4.79 Å². The molecule has 1 saturated carbocycles. The predicted octanol–water partition coefficient (Wildman–Crippen LogP) is 1.07. The average Bonchev–Trinajstić information content (AvgIpc) is 2.58. The molecule has 0 N–H and O–H groups in total. The first-order valence-corrected chi connectivity index (χ1v) is 4.09. The van der Waals surface area contributed by atoms with E-state index in [4.69, 9.17) is 0 Å². The van der Waals surface area contributed by atoms with Crippen molar-refractivity contribution in [2.24, 2.45) is 10.9 Å². The van der Waals surface area contributed by atoms with Gasteiger partial charge in [-0.1, -0.05) is 0 Å². The maximum Gasteiger partial charge on any atom is 0.256 e. The largest absolute Gasteiger partial charge is 0.272 e. The van der Waals surface area contributed by atoms with Gasteiger partial charge in [0.05, 0.1) is 10.8 Å². The van der Waals surface area contributed by atoms with E-state index in [-0.39, 0.29) is 5.91 Å². The molecule has 0 radical (unpaired) electrons. The molecule has 1 aliphatic carbocycles. The number of aliphatic imine (C=N–C) groups is 1. The topological polar surface area (TPSA) is 29.4 Å². The number of rotatable bonds is 1. The van der Waals surface area contributed by atoms with E-state index in [1.807, 2.05) is 0 Å². The van der Waals surface area contributed by atoms with E-state index < -0.39 is 0 Å². The Labute approximate surface area is 57.7 Å². The van der Waals surface area contributed by atoms with Gasteiger partial charge in [-0.25, -0.2) is 4.99 Å². The summed E-state index contributed by atoms with van der Waals surface area (Å²) in [5.41, 5.74) is 0. The Morgan fingerprint density at radius 3 is 2.78 bits per heavy atom.